The summed E-state index contributed by atoms with van der Waals surface area (Å²) in [6.45, 7) is 4.13. The SMILES string of the molecule is CNC(c1cccc(OC(C)C)c1)C1CCCS1. The van der Waals surface area contributed by atoms with Crippen LogP contribution in [0.15, 0.2) is 24.3 Å². The van der Waals surface area contributed by atoms with E-state index in [2.05, 4.69) is 56.2 Å². The van der Waals surface area contributed by atoms with Crippen LogP contribution in [0.25, 0.3) is 0 Å². The number of rotatable bonds is 5. The van der Waals surface area contributed by atoms with Gasteiger partial charge in [0.1, 0.15) is 5.75 Å². The third-order valence-corrected chi connectivity index (χ3v) is 4.70. The van der Waals surface area contributed by atoms with Gasteiger partial charge in [-0.1, -0.05) is 12.1 Å². The molecule has 0 spiro atoms. The van der Waals surface area contributed by atoms with Gasteiger partial charge in [-0.25, -0.2) is 0 Å². The van der Waals surface area contributed by atoms with Crippen molar-refractivity contribution >= 4 is 11.8 Å². The number of hydrogen-bond acceptors (Lipinski definition) is 3. The normalized spacial score (nSPS) is 21.2. The fraction of sp³-hybridized carbons (Fsp3) is 0.600. The van der Waals surface area contributed by atoms with Crippen LogP contribution < -0.4 is 10.1 Å². The standard InChI is InChI=1S/C15H23NOS/c1-11(2)17-13-7-4-6-12(10-13)15(16-3)14-8-5-9-18-14/h4,6-7,10-11,14-16H,5,8-9H2,1-3H3. The molecule has 3 heteroatoms. The smallest absolute Gasteiger partial charge is 0.120 e. The Bertz CT molecular complexity index is 375. The van der Waals surface area contributed by atoms with Crippen molar-refractivity contribution in [2.24, 2.45) is 0 Å². The van der Waals surface area contributed by atoms with Crippen molar-refractivity contribution in [1.82, 2.24) is 5.32 Å². The van der Waals surface area contributed by atoms with E-state index in [1.807, 2.05) is 6.07 Å². The second kappa shape index (κ2) is 6.48. The third kappa shape index (κ3) is 3.42. The molecule has 0 aliphatic carbocycles. The molecule has 2 nitrogen and oxygen atoms in total. The molecule has 0 amide bonds. The lowest BCUT2D eigenvalue weighted by Crippen LogP contribution is -2.25. The molecule has 100 valence electrons. The van der Waals surface area contributed by atoms with Crippen LogP contribution in [0.5, 0.6) is 5.75 Å². The predicted molar refractivity (Wildman–Crippen MR) is 79.5 cm³/mol. The summed E-state index contributed by atoms with van der Waals surface area (Å²) >= 11 is 2.09. The number of benzene rings is 1. The van der Waals surface area contributed by atoms with Crippen LogP contribution in [0.2, 0.25) is 0 Å². The molecule has 2 unspecified atom stereocenters. The zero-order chi connectivity index (χ0) is 13.0. The minimum Gasteiger partial charge on any atom is -0.491 e. The van der Waals surface area contributed by atoms with E-state index in [4.69, 9.17) is 4.74 Å². The van der Waals surface area contributed by atoms with E-state index in [1.54, 1.807) is 0 Å². The summed E-state index contributed by atoms with van der Waals surface area (Å²) in [7, 11) is 2.06. The van der Waals surface area contributed by atoms with Gasteiger partial charge in [-0.2, -0.15) is 11.8 Å². The first kappa shape index (κ1) is 13.8. The molecular weight excluding hydrogens is 242 g/mol. The molecular formula is C15H23NOS. The second-order valence-corrected chi connectivity index (χ2v) is 6.40. The fourth-order valence-corrected chi connectivity index (χ4v) is 3.94. The van der Waals surface area contributed by atoms with E-state index in [0.717, 1.165) is 5.75 Å². The molecule has 1 aliphatic heterocycles. The summed E-state index contributed by atoms with van der Waals surface area (Å²) in [6, 6.07) is 8.95. The Hall–Kier alpha value is -0.670. The van der Waals surface area contributed by atoms with E-state index in [1.165, 1.54) is 24.2 Å². The average molecular weight is 265 g/mol. The molecule has 1 aromatic carbocycles. The van der Waals surface area contributed by atoms with E-state index >= 15 is 0 Å². The molecule has 0 radical (unpaired) electrons. The molecule has 1 saturated heterocycles. The minimum absolute atomic E-state index is 0.231. The maximum atomic E-state index is 5.78. The van der Waals surface area contributed by atoms with Gasteiger partial charge in [-0.3, -0.25) is 0 Å². The lowest BCUT2D eigenvalue weighted by Gasteiger charge is -2.23. The molecule has 1 fully saturated rings. The van der Waals surface area contributed by atoms with Crippen molar-refractivity contribution in [1.29, 1.82) is 0 Å². The van der Waals surface area contributed by atoms with Crippen LogP contribution in [-0.4, -0.2) is 24.2 Å². The summed E-state index contributed by atoms with van der Waals surface area (Å²) in [6.07, 6.45) is 2.88. The van der Waals surface area contributed by atoms with Gasteiger partial charge in [0.05, 0.1) is 6.10 Å². The molecule has 18 heavy (non-hydrogen) atoms. The van der Waals surface area contributed by atoms with Crippen molar-refractivity contribution in [3.63, 3.8) is 0 Å². The molecule has 2 atom stereocenters. The number of thioether (sulfide) groups is 1. The van der Waals surface area contributed by atoms with Gasteiger partial charge in [0.25, 0.3) is 0 Å². The Morgan fingerprint density at radius 1 is 1.39 bits per heavy atom. The summed E-state index contributed by atoms with van der Waals surface area (Å²) in [5.41, 5.74) is 1.34. The highest BCUT2D eigenvalue weighted by Gasteiger charge is 2.25. The van der Waals surface area contributed by atoms with Crippen LogP contribution >= 0.6 is 11.8 Å². The minimum atomic E-state index is 0.231. The zero-order valence-electron chi connectivity index (χ0n) is 11.5. The Kier molecular flexibility index (Phi) is 4.95. The predicted octanol–water partition coefficient (Wildman–Crippen LogP) is 3.63. The molecule has 0 aromatic heterocycles. The molecule has 0 saturated carbocycles. The average Bonchev–Trinajstić information content (AvgIpc) is 2.83. The van der Waals surface area contributed by atoms with Crippen LogP contribution in [0.1, 0.15) is 38.3 Å². The summed E-state index contributed by atoms with van der Waals surface area (Å²) in [4.78, 5) is 0. The molecule has 2 rings (SSSR count). The van der Waals surface area contributed by atoms with Gasteiger partial charge in [0, 0.05) is 11.3 Å². The summed E-state index contributed by atoms with van der Waals surface area (Å²) in [5.74, 6) is 2.27. The number of hydrogen-bond donors (Lipinski definition) is 1. The van der Waals surface area contributed by atoms with Gasteiger partial charge in [-0.15, -0.1) is 0 Å². The summed E-state index contributed by atoms with van der Waals surface area (Å²) in [5, 5.41) is 4.16. The number of nitrogens with one attached hydrogen (secondary N) is 1. The molecule has 1 aromatic rings. The molecule has 1 aliphatic rings. The largest absolute Gasteiger partial charge is 0.491 e. The van der Waals surface area contributed by atoms with E-state index < -0.39 is 0 Å². The van der Waals surface area contributed by atoms with Crippen LogP contribution in [0.4, 0.5) is 0 Å². The Morgan fingerprint density at radius 3 is 2.83 bits per heavy atom. The van der Waals surface area contributed by atoms with E-state index in [-0.39, 0.29) is 6.10 Å². The molecule has 0 bridgehead atoms. The quantitative estimate of drug-likeness (QED) is 0.878. The Balaban J connectivity index is 2.14. The topological polar surface area (TPSA) is 21.3 Å². The van der Waals surface area contributed by atoms with Crippen molar-refractivity contribution < 1.29 is 4.74 Å². The Labute approximate surface area is 114 Å². The van der Waals surface area contributed by atoms with Crippen LogP contribution in [-0.2, 0) is 0 Å². The fourth-order valence-electron chi connectivity index (χ4n) is 2.49. The third-order valence-electron chi connectivity index (χ3n) is 3.24. The van der Waals surface area contributed by atoms with Gasteiger partial charge in [-0.05, 0) is 57.2 Å². The van der Waals surface area contributed by atoms with Crippen LogP contribution in [0.3, 0.4) is 0 Å². The first-order valence-corrected chi connectivity index (χ1v) is 7.81. The van der Waals surface area contributed by atoms with Crippen molar-refractivity contribution in [3.8, 4) is 5.75 Å². The van der Waals surface area contributed by atoms with E-state index in [0.29, 0.717) is 11.3 Å². The maximum absolute atomic E-state index is 5.78. The van der Waals surface area contributed by atoms with Gasteiger partial charge in [0.15, 0.2) is 0 Å². The molecule has 1 heterocycles. The summed E-state index contributed by atoms with van der Waals surface area (Å²) < 4.78 is 5.78. The van der Waals surface area contributed by atoms with Crippen molar-refractivity contribution in [2.75, 3.05) is 12.8 Å². The van der Waals surface area contributed by atoms with Crippen molar-refractivity contribution in [2.45, 2.75) is 44.1 Å². The maximum Gasteiger partial charge on any atom is 0.120 e. The highest BCUT2D eigenvalue weighted by molar-refractivity contribution is 8.00. The highest BCUT2D eigenvalue weighted by atomic mass is 32.2. The second-order valence-electron chi connectivity index (χ2n) is 5.06. The van der Waals surface area contributed by atoms with Gasteiger partial charge < -0.3 is 10.1 Å². The first-order chi connectivity index (χ1) is 8.70. The first-order valence-electron chi connectivity index (χ1n) is 6.76. The molecule has 1 N–H and O–H groups in total. The van der Waals surface area contributed by atoms with Gasteiger partial charge >= 0.3 is 0 Å². The van der Waals surface area contributed by atoms with E-state index in [9.17, 15) is 0 Å². The van der Waals surface area contributed by atoms with Gasteiger partial charge in [0.2, 0.25) is 0 Å². The lowest BCUT2D eigenvalue weighted by atomic mass is 10.0. The van der Waals surface area contributed by atoms with Crippen molar-refractivity contribution in [3.05, 3.63) is 29.8 Å². The monoisotopic (exact) mass is 265 g/mol. The lowest BCUT2D eigenvalue weighted by molar-refractivity contribution is 0.242. The number of ether oxygens (including phenoxy) is 1. The zero-order valence-corrected chi connectivity index (χ0v) is 12.3. The Morgan fingerprint density at radius 2 is 2.22 bits per heavy atom. The van der Waals surface area contributed by atoms with Crippen LogP contribution in [0, 0.1) is 0 Å². The highest BCUT2D eigenvalue weighted by Crippen LogP contribution is 2.36.